The van der Waals surface area contributed by atoms with Crippen LogP contribution in [0.4, 0.5) is 21.9 Å². The third-order valence-corrected chi connectivity index (χ3v) is 7.41. The number of carbonyl (C=O) groups is 3. The van der Waals surface area contributed by atoms with Crippen LogP contribution in [0.2, 0.25) is 0 Å². The number of nitrogens with one attached hydrogen (secondary N) is 3. The highest BCUT2D eigenvalue weighted by molar-refractivity contribution is 6.08. The van der Waals surface area contributed by atoms with Crippen molar-refractivity contribution in [3.63, 3.8) is 0 Å². The van der Waals surface area contributed by atoms with E-state index in [4.69, 9.17) is 4.74 Å². The predicted octanol–water partition coefficient (Wildman–Crippen LogP) is 3.60. The highest BCUT2D eigenvalue weighted by Crippen LogP contribution is 2.30. The fourth-order valence-corrected chi connectivity index (χ4v) is 5.38. The van der Waals surface area contributed by atoms with Gasteiger partial charge in [0.15, 0.2) is 0 Å². The summed E-state index contributed by atoms with van der Waals surface area (Å²) >= 11 is 0. The summed E-state index contributed by atoms with van der Waals surface area (Å²) in [7, 11) is 0. The van der Waals surface area contributed by atoms with Crippen molar-refractivity contribution in [2.75, 3.05) is 48.3 Å². The molecule has 0 radical (unpaired) electrons. The van der Waals surface area contributed by atoms with Crippen LogP contribution in [0.1, 0.15) is 42.1 Å². The maximum atomic E-state index is 12.6. The maximum absolute atomic E-state index is 12.6. The summed E-state index contributed by atoms with van der Waals surface area (Å²) in [5.74, 6) is 0.223. The molecule has 0 aliphatic carbocycles. The molecule has 3 N–H and O–H groups in total. The third kappa shape index (κ3) is 5.31. The normalized spacial score (nSPS) is 22.0. The van der Waals surface area contributed by atoms with E-state index in [1.807, 2.05) is 19.1 Å². The number of rotatable bonds is 5. The lowest BCUT2D eigenvalue weighted by Gasteiger charge is -2.25. The SMILES string of the molecule is Cc1cc(N2CCC(CN3CCCC3C)C2)ccc1NC(=O)Oc1ccc2c(c1)NC(=O)CNC2=O. The van der Waals surface area contributed by atoms with Crippen molar-refractivity contribution >= 4 is 35.0 Å². The van der Waals surface area contributed by atoms with E-state index in [1.54, 1.807) is 0 Å². The number of aryl methyl sites for hydroxylation is 1. The first-order valence-corrected chi connectivity index (χ1v) is 12.7. The summed E-state index contributed by atoms with van der Waals surface area (Å²) in [4.78, 5) is 41.5. The zero-order chi connectivity index (χ0) is 25.2. The predicted molar refractivity (Wildman–Crippen MR) is 139 cm³/mol. The summed E-state index contributed by atoms with van der Waals surface area (Å²) in [6, 6.07) is 11.3. The van der Waals surface area contributed by atoms with Gasteiger partial charge in [0.25, 0.3) is 5.91 Å². The standard InChI is InChI=1S/C27H33N5O4/c1-17-12-20(32-11-9-19(16-32)15-31-10-3-4-18(31)2)5-8-23(17)30-27(35)36-21-6-7-22-24(13-21)29-25(33)14-28-26(22)34/h5-8,12-13,18-19H,3-4,9-11,14-16H2,1-2H3,(H,28,34)(H,29,33)(H,30,35). The number of hydrogen-bond donors (Lipinski definition) is 3. The lowest BCUT2D eigenvalue weighted by molar-refractivity contribution is -0.115. The molecule has 5 rings (SSSR count). The number of nitrogens with zero attached hydrogens (tertiary/aromatic N) is 2. The van der Waals surface area contributed by atoms with Crippen LogP contribution in [-0.4, -0.2) is 61.6 Å². The number of ether oxygens (including phenoxy) is 1. The first-order chi connectivity index (χ1) is 17.4. The Morgan fingerprint density at radius 2 is 2.00 bits per heavy atom. The molecule has 3 aliphatic heterocycles. The number of fused-ring (bicyclic) bond motifs is 1. The van der Waals surface area contributed by atoms with Gasteiger partial charge in [-0.25, -0.2) is 4.79 Å². The Balaban J connectivity index is 1.18. The molecule has 36 heavy (non-hydrogen) atoms. The number of anilines is 3. The monoisotopic (exact) mass is 491 g/mol. The van der Waals surface area contributed by atoms with E-state index in [1.165, 1.54) is 56.2 Å². The minimum Gasteiger partial charge on any atom is -0.410 e. The Morgan fingerprint density at radius 1 is 1.14 bits per heavy atom. The van der Waals surface area contributed by atoms with Gasteiger partial charge >= 0.3 is 6.09 Å². The van der Waals surface area contributed by atoms with Crippen molar-refractivity contribution < 1.29 is 19.1 Å². The molecule has 0 spiro atoms. The molecule has 3 heterocycles. The second-order valence-electron chi connectivity index (χ2n) is 10.0. The molecular weight excluding hydrogens is 458 g/mol. The van der Waals surface area contributed by atoms with Crippen LogP contribution < -0.4 is 25.6 Å². The van der Waals surface area contributed by atoms with Crippen molar-refractivity contribution in [3.8, 4) is 5.75 Å². The Morgan fingerprint density at radius 3 is 2.78 bits per heavy atom. The van der Waals surface area contributed by atoms with Gasteiger partial charge in [-0.15, -0.1) is 0 Å². The van der Waals surface area contributed by atoms with Gasteiger partial charge in [-0.3, -0.25) is 14.9 Å². The molecule has 2 unspecified atom stereocenters. The maximum Gasteiger partial charge on any atom is 0.417 e. The first-order valence-electron chi connectivity index (χ1n) is 12.7. The molecule has 2 saturated heterocycles. The minimum absolute atomic E-state index is 0.102. The smallest absolute Gasteiger partial charge is 0.410 e. The fourth-order valence-electron chi connectivity index (χ4n) is 5.38. The molecule has 3 amide bonds. The van der Waals surface area contributed by atoms with Gasteiger partial charge in [0.1, 0.15) is 5.75 Å². The number of carbonyl (C=O) groups excluding carboxylic acids is 3. The number of amides is 3. The summed E-state index contributed by atoms with van der Waals surface area (Å²) in [6.07, 6.45) is 3.19. The molecule has 0 bridgehead atoms. The average Bonchev–Trinajstić information content (AvgIpc) is 3.45. The van der Waals surface area contributed by atoms with Crippen LogP contribution >= 0.6 is 0 Å². The zero-order valence-corrected chi connectivity index (χ0v) is 20.8. The fraction of sp³-hybridized carbons (Fsp3) is 0.444. The Kier molecular flexibility index (Phi) is 6.82. The van der Waals surface area contributed by atoms with Gasteiger partial charge in [-0.1, -0.05) is 0 Å². The molecule has 2 fully saturated rings. The van der Waals surface area contributed by atoms with Gasteiger partial charge in [-0.2, -0.15) is 0 Å². The first kappa shape index (κ1) is 24.1. The van der Waals surface area contributed by atoms with E-state index in [9.17, 15) is 14.4 Å². The number of likely N-dealkylation sites (tertiary alicyclic amines) is 1. The van der Waals surface area contributed by atoms with E-state index in [0.29, 0.717) is 28.9 Å². The van der Waals surface area contributed by atoms with Crippen LogP contribution in [0.25, 0.3) is 0 Å². The van der Waals surface area contributed by atoms with E-state index in [0.717, 1.165) is 18.7 Å². The van der Waals surface area contributed by atoms with Crippen molar-refractivity contribution in [1.29, 1.82) is 0 Å². The topological polar surface area (TPSA) is 103 Å². The van der Waals surface area contributed by atoms with Crippen LogP contribution in [0, 0.1) is 12.8 Å². The van der Waals surface area contributed by atoms with E-state index in [2.05, 4.69) is 38.7 Å². The molecule has 9 heteroatoms. The highest BCUT2D eigenvalue weighted by atomic mass is 16.6. The number of hydrogen-bond acceptors (Lipinski definition) is 6. The van der Waals surface area contributed by atoms with Gasteiger partial charge in [-0.05, 0) is 81.5 Å². The van der Waals surface area contributed by atoms with Crippen molar-refractivity contribution in [1.82, 2.24) is 10.2 Å². The van der Waals surface area contributed by atoms with Gasteiger partial charge in [0.2, 0.25) is 5.91 Å². The molecule has 190 valence electrons. The minimum atomic E-state index is -0.642. The third-order valence-electron chi connectivity index (χ3n) is 7.41. The molecule has 3 aliphatic rings. The molecular formula is C27H33N5O4. The van der Waals surface area contributed by atoms with Crippen LogP contribution in [0.3, 0.4) is 0 Å². The van der Waals surface area contributed by atoms with Crippen LogP contribution in [-0.2, 0) is 4.79 Å². The number of benzene rings is 2. The van der Waals surface area contributed by atoms with E-state index < -0.39 is 6.09 Å². The highest BCUT2D eigenvalue weighted by Gasteiger charge is 2.28. The quantitative estimate of drug-likeness (QED) is 0.591. The molecule has 0 aromatic heterocycles. The summed E-state index contributed by atoms with van der Waals surface area (Å²) in [5.41, 5.74) is 3.42. The van der Waals surface area contributed by atoms with E-state index >= 15 is 0 Å². The second kappa shape index (κ2) is 10.2. The molecule has 2 atom stereocenters. The Labute approximate surface area is 211 Å². The van der Waals surface area contributed by atoms with Crippen molar-refractivity contribution in [3.05, 3.63) is 47.5 Å². The van der Waals surface area contributed by atoms with E-state index in [-0.39, 0.29) is 24.1 Å². The van der Waals surface area contributed by atoms with Crippen molar-refractivity contribution in [2.24, 2.45) is 5.92 Å². The summed E-state index contributed by atoms with van der Waals surface area (Å²) < 4.78 is 5.42. The van der Waals surface area contributed by atoms with Gasteiger partial charge in [0, 0.05) is 43.1 Å². The largest absolute Gasteiger partial charge is 0.417 e. The lowest BCUT2D eigenvalue weighted by Crippen LogP contribution is -2.33. The van der Waals surface area contributed by atoms with Crippen LogP contribution in [0.15, 0.2) is 36.4 Å². The summed E-state index contributed by atoms with van der Waals surface area (Å²) in [5, 5.41) is 7.96. The molecule has 2 aromatic rings. The van der Waals surface area contributed by atoms with Crippen molar-refractivity contribution in [2.45, 2.75) is 39.2 Å². The molecule has 9 nitrogen and oxygen atoms in total. The van der Waals surface area contributed by atoms with Gasteiger partial charge < -0.3 is 25.2 Å². The zero-order valence-electron chi connectivity index (χ0n) is 20.8. The van der Waals surface area contributed by atoms with Gasteiger partial charge in [0.05, 0.1) is 17.8 Å². The molecule has 0 saturated carbocycles. The lowest BCUT2D eigenvalue weighted by atomic mass is 10.1. The summed E-state index contributed by atoms with van der Waals surface area (Å²) in [6.45, 7) is 8.72. The second-order valence-corrected chi connectivity index (χ2v) is 10.0. The Bertz CT molecular complexity index is 1180. The Hall–Kier alpha value is -3.59. The van der Waals surface area contributed by atoms with Crippen LogP contribution in [0.5, 0.6) is 5.75 Å². The molecule has 2 aromatic carbocycles. The average molecular weight is 492 g/mol.